The van der Waals surface area contributed by atoms with E-state index in [1.807, 2.05) is 0 Å². The Kier molecular flexibility index (Phi) is 6.29. The second-order valence-electron chi connectivity index (χ2n) is 6.64. The Balaban J connectivity index is 1.52. The molecule has 3 rings (SSSR count). The fraction of sp³-hybridized carbons (Fsp3) is 0.350. The minimum Gasteiger partial charge on any atom is -0.372 e. The molecule has 7 heteroatoms. The van der Waals surface area contributed by atoms with Gasteiger partial charge in [0.1, 0.15) is 0 Å². The van der Waals surface area contributed by atoms with Crippen molar-refractivity contribution in [2.75, 3.05) is 24.5 Å². The van der Waals surface area contributed by atoms with Crippen molar-refractivity contribution < 1.29 is 9.72 Å². The number of piperidine rings is 1. The lowest BCUT2D eigenvalue weighted by atomic mass is 10.1. The third-order valence-electron chi connectivity index (χ3n) is 4.76. The molecule has 2 aromatic rings. The Morgan fingerprint density at radius 1 is 1.11 bits per heavy atom. The first kappa shape index (κ1) is 19.2. The zero-order chi connectivity index (χ0) is 19.2. The van der Waals surface area contributed by atoms with Crippen molar-refractivity contribution in [3.05, 3.63) is 68.7 Å². The molecule has 1 N–H and O–H groups in total. The van der Waals surface area contributed by atoms with Gasteiger partial charge in [-0.05, 0) is 49.4 Å². The Hall–Kier alpha value is -2.60. The van der Waals surface area contributed by atoms with Gasteiger partial charge in [-0.15, -0.1) is 0 Å². The SMILES string of the molecule is O=C(NCCc1ccc(N2CCCCC2)cc1)c1ccc([N+](=O)[O-])cc1Cl. The smallest absolute Gasteiger partial charge is 0.270 e. The second-order valence-corrected chi connectivity index (χ2v) is 7.05. The van der Waals surface area contributed by atoms with Crippen molar-refractivity contribution in [2.45, 2.75) is 25.7 Å². The maximum atomic E-state index is 12.2. The molecule has 0 unspecified atom stereocenters. The number of nitrogens with zero attached hydrogens (tertiary/aromatic N) is 2. The number of nitro groups is 1. The van der Waals surface area contributed by atoms with Gasteiger partial charge in [0.2, 0.25) is 0 Å². The van der Waals surface area contributed by atoms with Gasteiger partial charge in [-0.25, -0.2) is 0 Å². The van der Waals surface area contributed by atoms with Crippen LogP contribution in [0.25, 0.3) is 0 Å². The summed E-state index contributed by atoms with van der Waals surface area (Å²) in [5.41, 5.74) is 2.50. The fourth-order valence-corrected chi connectivity index (χ4v) is 3.50. The molecular formula is C20H22ClN3O3. The standard InChI is InChI=1S/C20H22ClN3O3/c21-19-14-17(24(26)27)8-9-18(19)20(25)22-11-10-15-4-6-16(7-5-15)23-12-2-1-3-13-23/h4-9,14H,1-3,10-13H2,(H,22,25). The van der Waals surface area contributed by atoms with E-state index in [9.17, 15) is 14.9 Å². The van der Waals surface area contributed by atoms with Crippen LogP contribution in [0, 0.1) is 10.1 Å². The number of hydrogen-bond acceptors (Lipinski definition) is 4. The summed E-state index contributed by atoms with van der Waals surface area (Å²) in [6.07, 6.45) is 4.52. The fourth-order valence-electron chi connectivity index (χ4n) is 3.24. The van der Waals surface area contributed by atoms with Crippen molar-refractivity contribution in [3.8, 4) is 0 Å². The first-order valence-electron chi connectivity index (χ1n) is 9.10. The van der Waals surface area contributed by atoms with Crippen molar-refractivity contribution in [1.29, 1.82) is 0 Å². The molecule has 6 nitrogen and oxygen atoms in total. The molecule has 0 aromatic heterocycles. The third kappa shape index (κ3) is 4.98. The second kappa shape index (κ2) is 8.86. The molecule has 1 heterocycles. The summed E-state index contributed by atoms with van der Waals surface area (Å²) in [6.45, 7) is 2.70. The first-order valence-corrected chi connectivity index (χ1v) is 9.48. The highest BCUT2D eigenvalue weighted by Gasteiger charge is 2.15. The molecule has 142 valence electrons. The number of hydrogen-bond donors (Lipinski definition) is 1. The molecule has 0 radical (unpaired) electrons. The molecule has 0 atom stereocenters. The van der Waals surface area contributed by atoms with E-state index in [1.54, 1.807) is 0 Å². The van der Waals surface area contributed by atoms with Crippen LogP contribution in [-0.4, -0.2) is 30.5 Å². The van der Waals surface area contributed by atoms with Gasteiger partial charge in [0.25, 0.3) is 11.6 Å². The molecule has 1 amide bonds. The van der Waals surface area contributed by atoms with Crippen molar-refractivity contribution in [3.63, 3.8) is 0 Å². The molecule has 0 bridgehead atoms. The maximum Gasteiger partial charge on any atom is 0.270 e. The van der Waals surface area contributed by atoms with Gasteiger partial charge in [0.05, 0.1) is 15.5 Å². The molecule has 0 aliphatic carbocycles. The highest BCUT2D eigenvalue weighted by Crippen LogP contribution is 2.23. The van der Waals surface area contributed by atoms with Gasteiger partial charge in [0, 0.05) is 37.5 Å². The van der Waals surface area contributed by atoms with Crippen molar-refractivity contribution >= 4 is 28.9 Å². The molecule has 1 saturated heterocycles. The topological polar surface area (TPSA) is 75.5 Å². The molecular weight excluding hydrogens is 366 g/mol. The summed E-state index contributed by atoms with van der Waals surface area (Å²) in [5, 5.41) is 13.6. The van der Waals surface area contributed by atoms with Crippen LogP contribution in [0.1, 0.15) is 35.2 Å². The number of rotatable bonds is 6. The Labute approximate surface area is 163 Å². The number of halogens is 1. The van der Waals surface area contributed by atoms with Crippen LogP contribution in [-0.2, 0) is 6.42 Å². The van der Waals surface area contributed by atoms with Crippen LogP contribution in [0.5, 0.6) is 0 Å². The molecule has 27 heavy (non-hydrogen) atoms. The van der Waals surface area contributed by atoms with E-state index in [2.05, 4.69) is 34.5 Å². The van der Waals surface area contributed by atoms with Crippen LogP contribution >= 0.6 is 11.6 Å². The monoisotopic (exact) mass is 387 g/mol. The number of nitro benzene ring substituents is 1. The number of carbonyl (C=O) groups excluding carboxylic acids is 1. The maximum absolute atomic E-state index is 12.2. The summed E-state index contributed by atoms with van der Waals surface area (Å²) in [7, 11) is 0. The van der Waals surface area contributed by atoms with E-state index in [4.69, 9.17) is 11.6 Å². The van der Waals surface area contributed by atoms with Crippen LogP contribution in [0.4, 0.5) is 11.4 Å². The summed E-state index contributed by atoms with van der Waals surface area (Å²) in [4.78, 5) is 24.8. The predicted molar refractivity (Wildman–Crippen MR) is 107 cm³/mol. The quantitative estimate of drug-likeness (QED) is 0.595. The number of benzene rings is 2. The minimum atomic E-state index is -0.541. The van der Waals surface area contributed by atoms with E-state index in [0.29, 0.717) is 13.0 Å². The third-order valence-corrected chi connectivity index (χ3v) is 5.08. The van der Waals surface area contributed by atoms with E-state index in [-0.39, 0.29) is 22.2 Å². The minimum absolute atomic E-state index is 0.0765. The number of anilines is 1. The van der Waals surface area contributed by atoms with Gasteiger partial charge in [-0.3, -0.25) is 14.9 Å². The Bertz CT molecular complexity index is 818. The number of amides is 1. The molecule has 2 aromatic carbocycles. The normalized spacial score (nSPS) is 14.0. The molecule has 1 aliphatic heterocycles. The highest BCUT2D eigenvalue weighted by atomic mass is 35.5. The van der Waals surface area contributed by atoms with Crippen LogP contribution in [0.3, 0.4) is 0 Å². The van der Waals surface area contributed by atoms with E-state index in [0.717, 1.165) is 18.7 Å². The first-order chi connectivity index (χ1) is 13.0. The van der Waals surface area contributed by atoms with Crippen LogP contribution in [0.15, 0.2) is 42.5 Å². The van der Waals surface area contributed by atoms with Gasteiger partial charge >= 0.3 is 0 Å². The van der Waals surface area contributed by atoms with Gasteiger partial charge in [-0.1, -0.05) is 23.7 Å². The number of carbonyl (C=O) groups is 1. The summed E-state index contributed by atoms with van der Waals surface area (Å²) >= 11 is 5.99. The van der Waals surface area contributed by atoms with Crippen molar-refractivity contribution in [1.82, 2.24) is 5.32 Å². The zero-order valence-electron chi connectivity index (χ0n) is 15.0. The highest BCUT2D eigenvalue weighted by molar-refractivity contribution is 6.34. The van der Waals surface area contributed by atoms with E-state index < -0.39 is 4.92 Å². The van der Waals surface area contributed by atoms with Crippen LogP contribution < -0.4 is 10.2 Å². The Morgan fingerprint density at radius 3 is 2.44 bits per heavy atom. The summed E-state index contributed by atoms with van der Waals surface area (Å²) in [6, 6.07) is 12.3. The molecule has 0 saturated carbocycles. The summed E-state index contributed by atoms with van der Waals surface area (Å²) in [5.74, 6) is -0.333. The predicted octanol–water partition coefficient (Wildman–Crippen LogP) is 4.21. The zero-order valence-corrected chi connectivity index (χ0v) is 15.7. The molecule has 0 spiro atoms. The number of nitrogens with one attached hydrogen (secondary N) is 1. The van der Waals surface area contributed by atoms with Gasteiger partial charge < -0.3 is 10.2 Å². The van der Waals surface area contributed by atoms with E-state index in [1.165, 1.54) is 43.1 Å². The average molecular weight is 388 g/mol. The average Bonchev–Trinajstić information content (AvgIpc) is 2.69. The lowest BCUT2D eigenvalue weighted by Gasteiger charge is -2.28. The summed E-state index contributed by atoms with van der Waals surface area (Å²) < 4.78 is 0. The van der Waals surface area contributed by atoms with Gasteiger partial charge in [-0.2, -0.15) is 0 Å². The lowest BCUT2D eigenvalue weighted by molar-refractivity contribution is -0.384. The van der Waals surface area contributed by atoms with Gasteiger partial charge in [0.15, 0.2) is 0 Å². The van der Waals surface area contributed by atoms with Crippen LogP contribution in [0.2, 0.25) is 5.02 Å². The number of non-ortho nitro benzene ring substituents is 1. The Morgan fingerprint density at radius 2 is 1.81 bits per heavy atom. The van der Waals surface area contributed by atoms with E-state index >= 15 is 0 Å². The van der Waals surface area contributed by atoms with Crippen molar-refractivity contribution in [2.24, 2.45) is 0 Å². The molecule has 1 aliphatic rings. The molecule has 1 fully saturated rings. The largest absolute Gasteiger partial charge is 0.372 e. The lowest BCUT2D eigenvalue weighted by Crippen LogP contribution is -2.29.